The Morgan fingerprint density at radius 2 is 2.07 bits per heavy atom. The molecule has 0 aliphatic rings. The Kier molecular flexibility index (Phi) is 4.39. The highest BCUT2D eigenvalue weighted by atomic mass is 32.1. The SMILES string of the molecule is Cc1ccc(-c2ccc(C=NNc3nc4ccccc4s3)o2)c([N+](=O)[O-])c1. The first-order valence-electron chi connectivity index (χ1n) is 8.10. The molecule has 1 N–H and O–H groups in total. The summed E-state index contributed by atoms with van der Waals surface area (Å²) < 4.78 is 6.76. The number of hydrogen-bond acceptors (Lipinski definition) is 7. The molecule has 2 heterocycles. The summed E-state index contributed by atoms with van der Waals surface area (Å²) in [6.45, 7) is 1.81. The Labute approximate surface area is 158 Å². The van der Waals surface area contributed by atoms with E-state index in [-0.39, 0.29) is 5.69 Å². The van der Waals surface area contributed by atoms with Crippen molar-refractivity contribution in [2.75, 3.05) is 5.43 Å². The van der Waals surface area contributed by atoms with E-state index in [0.29, 0.717) is 22.2 Å². The number of thiazole rings is 1. The summed E-state index contributed by atoms with van der Waals surface area (Å²) in [7, 11) is 0. The molecule has 0 aliphatic heterocycles. The second-order valence-electron chi connectivity index (χ2n) is 5.84. The minimum atomic E-state index is -0.409. The number of benzene rings is 2. The van der Waals surface area contributed by atoms with Crippen LogP contribution in [0.1, 0.15) is 11.3 Å². The first kappa shape index (κ1) is 16.9. The zero-order valence-corrected chi connectivity index (χ0v) is 15.1. The molecular formula is C19H14N4O3S. The van der Waals surface area contributed by atoms with Gasteiger partial charge in [-0.3, -0.25) is 15.5 Å². The number of nitrogens with zero attached hydrogens (tertiary/aromatic N) is 3. The van der Waals surface area contributed by atoms with Crippen molar-refractivity contribution >= 4 is 38.6 Å². The van der Waals surface area contributed by atoms with Crippen LogP contribution in [0.2, 0.25) is 0 Å². The van der Waals surface area contributed by atoms with Gasteiger partial charge in [-0.15, -0.1) is 0 Å². The number of fused-ring (bicyclic) bond motifs is 1. The first-order chi connectivity index (χ1) is 13.1. The minimum Gasteiger partial charge on any atom is -0.455 e. The normalized spacial score (nSPS) is 11.3. The summed E-state index contributed by atoms with van der Waals surface area (Å²) in [6, 6.07) is 16.3. The molecule has 0 radical (unpaired) electrons. The average Bonchev–Trinajstić information content (AvgIpc) is 3.28. The fraction of sp³-hybridized carbons (Fsp3) is 0.0526. The number of anilines is 1. The molecule has 4 rings (SSSR count). The maximum absolute atomic E-state index is 11.3. The predicted molar refractivity (Wildman–Crippen MR) is 106 cm³/mol. The van der Waals surface area contributed by atoms with Gasteiger partial charge in [-0.05, 0) is 42.8 Å². The van der Waals surface area contributed by atoms with Crippen molar-refractivity contribution in [1.82, 2.24) is 4.98 Å². The van der Waals surface area contributed by atoms with Crippen LogP contribution in [-0.4, -0.2) is 16.1 Å². The number of aryl methyl sites for hydroxylation is 1. The third-order valence-electron chi connectivity index (χ3n) is 3.89. The quantitative estimate of drug-likeness (QED) is 0.292. The second-order valence-corrected chi connectivity index (χ2v) is 6.87. The van der Waals surface area contributed by atoms with Gasteiger partial charge in [0.25, 0.3) is 5.69 Å². The van der Waals surface area contributed by atoms with E-state index in [1.165, 1.54) is 23.6 Å². The van der Waals surface area contributed by atoms with Crippen molar-refractivity contribution < 1.29 is 9.34 Å². The number of hydrazone groups is 1. The molecule has 7 nitrogen and oxygen atoms in total. The molecule has 0 unspecified atom stereocenters. The van der Waals surface area contributed by atoms with Crippen LogP contribution in [0.3, 0.4) is 0 Å². The lowest BCUT2D eigenvalue weighted by atomic mass is 10.1. The number of aromatic nitrogens is 1. The van der Waals surface area contributed by atoms with Crippen LogP contribution in [0.15, 0.2) is 64.1 Å². The Bertz CT molecular complexity index is 1130. The fourth-order valence-electron chi connectivity index (χ4n) is 2.64. The first-order valence-corrected chi connectivity index (χ1v) is 8.92. The lowest BCUT2D eigenvalue weighted by molar-refractivity contribution is -0.384. The predicted octanol–water partition coefficient (Wildman–Crippen LogP) is 5.22. The van der Waals surface area contributed by atoms with Gasteiger partial charge in [0.05, 0.1) is 26.9 Å². The van der Waals surface area contributed by atoms with E-state index in [1.807, 2.05) is 37.3 Å². The standard InChI is InChI=1S/C19H14N4O3S/c1-12-6-8-14(16(10-12)23(24)25)17-9-7-13(26-17)11-20-22-19-21-15-4-2-3-5-18(15)27-19/h2-11H,1H3,(H,21,22). The number of para-hydroxylation sites is 1. The van der Waals surface area contributed by atoms with Gasteiger partial charge < -0.3 is 4.42 Å². The molecule has 0 amide bonds. The van der Waals surface area contributed by atoms with E-state index in [0.717, 1.165) is 15.8 Å². The Morgan fingerprint density at radius 3 is 2.89 bits per heavy atom. The van der Waals surface area contributed by atoms with Crippen LogP contribution in [0.25, 0.3) is 21.5 Å². The van der Waals surface area contributed by atoms with Crippen LogP contribution in [0.4, 0.5) is 10.8 Å². The van der Waals surface area contributed by atoms with Gasteiger partial charge in [-0.2, -0.15) is 5.10 Å². The molecule has 0 saturated heterocycles. The zero-order valence-electron chi connectivity index (χ0n) is 14.2. The monoisotopic (exact) mass is 378 g/mol. The van der Waals surface area contributed by atoms with Gasteiger partial charge in [0.1, 0.15) is 11.5 Å². The topological polar surface area (TPSA) is 93.6 Å². The lowest BCUT2D eigenvalue weighted by Crippen LogP contribution is -1.92. The molecule has 0 atom stereocenters. The smallest absolute Gasteiger partial charge is 0.280 e. The molecule has 4 aromatic rings. The molecule has 0 spiro atoms. The summed E-state index contributed by atoms with van der Waals surface area (Å²) in [5.41, 5.74) is 5.05. The largest absolute Gasteiger partial charge is 0.455 e. The van der Waals surface area contributed by atoms with Gasteiger partial charge in [-0.25, -0.2) is 4.98 Å². The van der Waals surface area contributed by atoms with Gasteiger partial charge in [0.15, 0.2) is 0 Å². The van der Waals surface area contributed by atoms with E-state index in [4.69, 9.17) is 4.42 Å². The highest BCUT2D eigenvalue weighted by molar-refractivity contribution is 7.22. The third kappa shape index (κ3) is 3.56. The van der Waals surface area contributed by atoms with Crippen LogP contribution >= 0.6 is 11.3 Å². The Hall–Kier alpha value is -3.52. The summed E-state index contributed by atoms with van der Waals surface area (Å²) in [5, 5.41) is 16.1. The van der Waals surface area contributed by atoms with Gasteiger partial charge in [-0.1, -0.05) is 29.5 Å². The summed E-state index contributed by atoms with van der Waals surface area (Å²) in [6.07, 6.45) is 1.51. The van der Waals surface area contributed by atoms with Crippen molar-refractivity contribution in [2.45, 2.75) is 6.92 Å². The van der Waals surface area contributed by atoms with Crippen LogP contribution in [0.5, 0.6) is 0 Å². The van der Waals surface area contributed by atoms with Gasteiger partial charge >= 0.3 is 0 Å². The van der Waals surface area contributed by atoms with Crippen molar-refractivity contribution in [3.05, 3.63) is 76.0 Å². The second kappa shape index (κ2) is 7.00. The van der Waals surface area contributed by atoms with Crippen LogP contribution in [-0.2, 0) is 0 Å². The van der Waals surface area contributed by atoms with Crippen molar-refractivity contribution in [2.24, 2.45) is 5.10 Å². The maximum atomic E-state index is 11.3. The molecule has 0 aliphatic carbocycles. The number of nitro benzene ring substituents is 1. The van der Waals surface area contributed by atoms with Crippen molar-refractivity contribution in [3.63, 3.8) is 0 Å². The number of rotatable bonds is 5. The van der Waals surface area contributed by atoms with Crippen molar-refractivity contribution in [1.29, 1.82) is 0 Å². The lowest BCUT2D eigenvalue weighted by Gasteiger charge is -2.00. The third-order valence-corrected chi connectivity index (χ3v) is 4.83. The molecule has 8 heteroatoms. The van der Waals surface area contributed by atoms with Crippen molar-refractivity contribution in [3.8, 4) is 11.3 Å². The molecule has 2 aromatic heterocycles. The molecule has 134 valence electrons. The van der Waals surface area contributed by atoms with E-state index in [1.54, 1.807) is 18.2 Å². The zero-order chi connectivity index (χ0) is 18.8. The number of hydrogen-bond donors (Lipinski definition) is 1. The van der Waals surface area contributed by atoms with E-state index in [9.17, 15) is 10.1 Å². The summed E-state index contributed by atoms with van der Waals surface area (Å²) in [4.78, 5) is 15.3. The van der Waals surface area contributed by atoms with Gasteiger partial charge in [0, 0.05) is 6.07 Å². The summed E-state index contributed by atoms with van der Waals surface area (Å²) in [5.74, 6) is 0.900. The average molecular weight is 378 g/mol. The molecular weight excluding hydrogens is 364 g/mol. The highest BCUT2D eigenvalue weighted by Crippen LogP contribution is 2.31. The number of furan rings is 1. The van der Waals surface area contributed by atoms with Crippen LogP contribution in [0, 0.1) is 17.0 Å². The molecule has 2 aromatic carbocycles. The van der Waals surface area contributed by atoms with E-state index in [2.05, 4.69) is 15.5 Å². The fourth-order valence-corrected chi connectivity index (χ4v) is 3.45. The maximum Gasteiger partial charge on any atom is 0.280 e. The van der Waals surface area contributed by atoms with Gasteiger partial charge in [0.2, 0.25) is 5.13 Å². The number of nitro groups is 1. The molecule has 0 saturated carbocycles. The minimum absolute atomic E-state index is 0.0143. The Balaban J connectivity index is 1.53. The van der Waals surface area contributed by atoms with Crippen LogP contribution < -0.4 is 5.43 Å². The van der Waals surface area contributed by atoms with E-state index < -0.39 is 4.92 Å². The molecule has 0 fully saturated rings. The number of nitrogens with one attached hydrogen (secondary N) is 1. The van der Waals surface area contributed by atoms with E-state index >= 15 is 0 Å². The molecule has 27 heavy (non-hydrogen) atoms. The molecule has 0 bridgehead atoms. The Morgan fingerprint density at radius 1 is 1.22 bits per heavy atom. The summed E-state index contributed by atoms with van der Waals surface area (Å²) >= 11 is 1.50. The highest BCUT2D eigenvalue weighted by Gasteiger charge is 2.18.